The van der Waals surface area contributed by atoms with Crippen LogP contribution in [0.5, 0.6) is 5.88 Å². The lowest BCUT2D eigenvalue weighted by molar-refractivity contribution is 0.459. The highest BCUT2D eigenvalue weighted by Gasteiger charge is 2.11. The number of nitrogens with zero attached hydrogens (tertiary/aromatic N) is 3. The highest BCUT2D eigenvalue weighted by Crippen LogP contribution is 2.38. The second kappa shape index (κ2) is 5.63. The number of rotatable bonds is 2. The topological polar surface area (TPSA) is 73.6 Å². The van der Waals surface area contributed by atoms with Crippen molar-refractivity contribution in [2.75, 3.05) is 0 Å². The summed E-state index contributed by atoms with van der Waals surface area (Å²) in [5.41, 5.74) is 1.07. The first kappa shape index (κ1) is 14.3. The van der Waals surface area contributed by atoms with Crippen molar-refractivity contribution < 1.29 is 5.11 Å². The number of H-pyrrole nitrogens is 1. The maximum atomic E-state index is 9.92. The molecule has 3 rings (SSSR count). The van der Waals surface area contributed by atoms with E-state index < -0.39 is 0 Å². The fourth-order valence-electron chi connectivity index (χ4n) is 1.82. The predicted octanol–water partition coefficient (Wildman–Crippen LogP) is 5.75. The molecule has 2 N–H and O–H groups in total. The lowest BCUT2D eigenvalue weighted by Gasteiger charge is -1.96. The van der Waals surface area contributed by atoms with Crippen LogP contribution in [0.15, 0.2) is 45.2 Å². The van der Waals surface area contributed by atoms with Gasteiger partial charge in [0.05, 0.1) is 15.6 Å². The maximum Gasteiger partial charge on any atom is 0.218 e. The fourth-order valence-corrected chi connectivity index (χ4v) is 2.59. The highest BCUT2D eigenvalue weighted by molar-refractivity contribution is 9.10. The molecule has 21 heavy (non-hydrogen) atoms. The van der Waals surface area contributed by atoms with Crippen LogP contribution in [0.3, 0.4) is 0 Å². The Morgan fingerprint density at radius 1 is 1.19 bits per heavy atom. The molecule has 2 heterocycles. The van der Waals surface area contributed by atoms with E-state index >= 15 is 0 Å². The van der Waals surface area contributed by atoms with Gasteiger partial charge in [-0.15, -0.1) is 10.2 Å². The molecule has 2 aromatic heterocycles. The molecule has 5 nitrogen and oxygen atoms in total. The van der Waals surface area contributed by atoms with E-state index in [2.05, 4.69) is 36.1 Å². The number of hydrogen-bond donors (Lipinski definition) is 2. The summed E-state index contributed by atoms with van der Waals surface area (Å²) in [6.07, 6.45) is 1.42. The number of halogens is 3. The first-order valence-electron chi connectivity index (χ1n) is 5.77. The van der Waals surface area contributed by atoms with Crippen molar-refractivity contribution in [3.63, 3.8) is 0 Å². The van der Waals surface area contributed by atoms with Gasteiger partial charge in [-0.2, -0.15) is 0 Å². The van der Waals surface area contributed by atoms with Crippen LogP contribution in [-0.2, 0) is 0 Å². The van der Waals surface area contributed by atoms with Crippen molar-refractivity contribution in [1.82, 2.24) is 9.97 Å². The molecule has 0 saturated carbocycles. The van der Waals surface area contributed by atoms with Crippen molar-refractivity contribution in [3.8, 4) is 5.88 Å². The Balaban J connectivity index is 2.06. The Kier molecular flexibility index (Phi) is 3.84. The van der Waals surface area contributed by atoms with E-state index in [4.69, 9.17) is 23.2 Å². The van der Waals surface area contributed by atoms with Crippen molar-refractivity contribution >= 4 is 61.5 Å². The molecule has 0 atom stereocenters. The average molecular weight is 386 g/mol. The predicted molar refractivity (Wildman–Crippen MR) is 86.1 cm³/mol. The summed E-state index contributed by atoms with van der Waals surface area (Å²) in [5.74, 6) is 0.154. The second-order valence-corrected chi connectivity index (χ2v) is 5.93. The van der Waals surface area contributed by atoms with Crippen molar-refractivity contribution in [3.05, 3.63) is 45.0 Å². The number of nitrogens with one attached hydrogen (secondary N) is 1. The molecule has 0 fully saturated rings. The van der Waals surface area contributed by atoms with E-state index in [1.54, 1.807) is 0 Å². The van der Waals surface area contributed by atoms with Gasteiger partial charge >= 0.3 is 0 Å². The Bertz CT molecular complexity index is 863. The molecule has 8 heteroatoms. The van der Waals surface area contributed by atoms with E-state index in [-0.39, 0.29) is 16.7 Å². The molecule has 106 valence electrons. The fraction of sp³-hybridized carbons (Fsp3) is 0. The molecule has 0 aliphatic carbocycles. The number of aromatic nitrogens is 2. The molecule has 0 radical (unpaired) electrons. The Morgan fingerprint density at radius 3 is 2.76 bits per heavy atom. The van der Waals surface area contributed by atoms with Gasteiger partial charge in [0.1, 0.15) is 0 Å². The number of azo groups is 1. The minimum absolute atomic E-state index is 0.0723. The van der Waals surface area contributed by atoms with E-state index in [9.17, 15) is 5.11 Å². The number of fused-ring (bicyclic) bond motifs is 1. The lowest BCUT2D eigenvalue weighted by atomic mass is 10.2. The van der Waals surface area contributed by atoms with Crippen LogP contribution >= 0.6 is 39.1 Å². The smallest absolute Gasteiger partial charge is 0.218 e. The van der Waals surface area contributed by atoms with Crippen LogP contribution in [0.25, 0.3) is 10.9 Å². The molecular weight excluding hydrogens is 379 g/mol. The zero-order valence-electron chi connectivity index (χ0n) is 10.3. The number of aromatic hydroxyl groups is 1. The van der Waals surface area contributed by atoms with Crippen LogP contribution in [0.2, 0.25) is 10.0 Å². The number of aromatic amines is 1. The Labute approximate surface area is 137 Å². The van der Waals surface area contributed by atoms with Gasteiger partial charge in [0.15, 0.2) is 11.5 Å². The summed E-state index contributed by atoms with van der Waals surface area (Å²) >= 11 is 15.1. The van der Waals surface area contributed by atoms with Gasteiger partial charge < -0.3 is 10.1 Å². The third kappa shape index (κ3) is 2.88. The summed E-state index contributed by atoms with van der Waals surface area (Å²) in [6, 6.07) is 7.04. The maximum absolute atomic E-state index is 9.92. The molecule has 0 spiro atoms. The van der Waals surface area contributed by atoms with E-state index in [1.165, 1.54) is 12.3 Å². The third-order valence-electron chi connectivity index (χ3n) is 2.75. The molecule has 1 aromatic carbocycles. The van der Waals surface area contributed by atoms with Gasteiger partial charge in [-0.05, 0) is 24.3 Å². The SMILES string of the molecule is Oc1[nH]c2ccc(Br)cc2c1N=Nc1ncc(Cl)cc1Cl. The average Bonchev–Trinajstić information content (AvgIpc) is 2.73. The van der Waals surface area contributed by atoms with Crippen LogP contribution in [0.1, 0.15) is 0 Å². The minimum atomic E-state index is -0.0723. The summed E-state index contributed by atoms with van der Waals surface area (Å²) in [4.78, 5) is 6.80. The molecule has 0 aliphatic heterocycles. The van der Waals surface area contributed by atoms with Crippen molar-refractivity contribution in [2.45, 2.75) is 0 Å². The summed E-state index contributed by atoms with van der Waals surface area (Å²) in [6.45, 7) is 0. The molecule has 0 amide bonds. The lowest BCUT2D eigenvalue weighted by Crippen LogP contribution is -1.75. The Hall–Kier alpha value is -1.63. The molecule has 3 aromatic rings. The van der Waals surface area contributed by atoms with Crippen LogP contribution in [0.4, 0.5) is 11.5 Å². The van der Waals surface area contributed by atoms with Gasteiger partial charge in [0, 0.05) is 16.1 Å². The quantitative estimate of drug-likeness (QED) is 0.551. The van der Waals surface area contributed by atoms with Gasteiger partial charge in [0.25, 0.3) is 0 Å². The normalized spacial score (nSPS) is 11.6. The molecule has 0 saturated heterocycles. The van der Waals surface area contributed by atoms with Gasteiger partial charge in [0.2, 0.25) is 5.88 Å². The van der Waals surface area contributed by atoms with E-state index in [1.807, 2.05) is 18.2 Å². The first-order valence-corrected chi connectivity index (χ1v) is 7.32. The zero-order chi connectivity index (χ0) is 15.0. The monoisotopic (exact) mass is 384 g/mol. The summed E-state index contributed by atoms with van der Waals surface area (Å²) in [7, 11) is 0. The van der Waals surface area contributed by atoms with Gasteiger partial charge in [-0.1, -0.05) is 39.1 Å². The summed E-state index contributed by atoms with van der Waals surface area (Å²) < 4.78 is 0.869. The van der Waals surface area contributed by atoms with Crippen molar-refractivity contribution in [1.29, 1.82) is 0 Å². The van der Waals surface area contributed by atoms with E-state index in [0.717, 1.165) is 15.4 Å². The van der Waals surface area contributed by atoms with Crippen LogP contribution in [-0.4, -0.2) is 15.1 Å². The highest BCUT2D eigenvalue weighted by atomic mass is 79.9. The standard InChI is InChI=1S/C13H7BrCl2N4O/c14-6-1-2-10-8(3-6)11(13(21)18-10)19-20-12-9(16)4-7(15)5-17-12/h1-5,18,21H. The van der Waals surface area contributed by atoms with Crippen LogP contribution < -0.4 is 0 Å². The number of hydrogen-bond acceptors (Lipinski definition) is 4. The molecule has 0 bridgehead atoms. The first-order chi connectivity index (χ1) is 10.0. The number of pyridine rings is 1. The molecule has 0 unspecified atom stereocenters. The Morgan fingerprint density at radius 2 is 2.00 bits per heavy atom. The minimum Gasteiger partial charge on any atom is -0.493 e. The zero-order valence-corrected chi connectivity index (χ0v) is 13.4. The largest absolute Gasteiger partial charge is 0.493 e. The van der Waals surface area contributed by atoms with Gasteiger partial charge in [-0.25, -0.2) is 4.98 Å². The molecule has 0 aliphatic rings. The third-order valence-corrected chi connectivity index (χ3v) is 3.73. The number of benzene rings is 1. The summed E-state index contributed by atoms with van der Waals surface area (Å²) in [5, 5.41) is 19.3. The van der Waals surface area contributed by atoms with Gasteiger partial charge in [-0.3, -0.25) is 0 Å². The second-order valence-electron chi connectivity index (χ2n) is 4.17. The van der Waals surface area contributed by atoms with E-state index in [0.29, 0.717) is 10.7 Å². The van der Waals surface area contributed by atoms with Crippen LogP contribution in [0, 0.1) is 0 Å². The van der Waals surface area contributed by atoms with Crippen molar-refractivity contribution in [2.24, 2.45) is 10.2 Å². The molecular formula is C13H7BrCl2N4O.